The SMILES string of the molecule is [B]=c1c(=O)c2cccc3nccc1c32. The number of benzene rings is 1. The van der Waals surface area contributed by atoms with Crippen LogP contribution in [0, 0.1) is 5.11 Å². The van der Waals surface area contributed by atoms with Crippen molar-refractivity contribution >= 4 is 29.2 Å². The molecule has 0 saturated carbocycles. The quantitative estimate of drug-likeness (QED) is 0.486. The van der Waals surface area contributed by atoms with Crippen LogP contribution in [0.2, 0.25) is 0 Å². The van der Waals surface area contributed by atoms with Crippen molar-refractivity contribution in [1.29, 1.82) is 0 Å². The molecule has 0 fully saturated rings. The first-order chi connectivity index (χ1) is 6.79. The summed E-state index contributed by atoms with van der Waals surface area (Å²) in [4.78, 5) is 15.9. The van der Waals surface area contributed by atoms with Gasteiger partial charge in [0.15, 0.2) is 0 Å². The van der Waals surface area contributed by atoms with Gasteiger partial charge in [-0.05, 0) is 0 Å². The van der Waals surface area contributed by atoms with E-state index in [9.17, 15) is 4.79 Å². The summed E-state index contributed by atoms with van der Waals surface area (Å²) in [6, 6.07) is 7.28. The van der Waals surface area contributed by atoms with Crippen molar-refractivity contribution < 1.29 is 0 Å². The van der Waals surface area contributed by atoms with Gasteiger partial charge < -0.3 is 0 Å². The van der Waals surface area contributed by atoms with Gasteiger partial charge in [0.2, 0.25) is 0 Å². The average molecular weight is 178 g/mol. The number of rotatable bonds is 0. The van der Waals surface area contributed by atoms with E-state index in [0.29, 0.717) is 10.5 Å². The predicted octanol–water partition coefficient (Wildman–Crippen LogP) is 1.32. The molecule has 0 aliphatic carbocycles. The van der Waals surface area contributed by atoms with Gasteiger partial charge in [-0.15, -0.1) is 0 Å². The summed E-state index contributed by atoms with van der Waals surface area (Å²) >= 11 is 0. The topological polar surface area (TPSA) is 30.0 Å². The van der Waals surface area contributed by atoms with E-state index in [-0.39, 0.29) is 5.43 Å². The Kier molecular flexibility index (Phi) is 1.30. The Morgan fingerprint density at radius 1 is 1.14 bits per heavy atom. The summed E-state index contributed by atoms with van der Waals surface area (Å²) in [6.07, 6.45) is 1.67. The van der Waals surface area contributed by atoms with Gasteiger partial charge in [0.1, 0.15) is 0 Å². The Morgan fingerprint density at radius 2 is 2.00 bits per heavy atom. The zero-order valence-corrected chi connectivity index (χ0v) is 7.32. The minimum atomic E-state index is -0.0846. The molecule has 0 saturated heterocycles. The molecule has 0 N–H and O–H groups in total. The summed E-state index contributed by atoms with van der Waals surface area (Å²) < 4.78 is 0. The van der Waals surface area contributed by atoms with Gasteiger partial charge in [-0.3, -0.25) is 0 Å². The van der Waals surface area contributed by atoms with Gasteiger partial charge in [0.05, 0.1) is 0 Å². The van der Waals surface area contributed by atoms with Crippen molar-refractivity contribution in [3.63, 3.8) is 0 Å². The number of nitrogens with zero attached hydrogens (tertiary/aromatic N) is 1. The first kappa shape index (κ1) is 7.62. The normalized spacial score (nSPS) is 11.4. The number of aromatic nitrogens is 1. The molecule has 0 aliphatic rings. The molecule has 0 spiro atoms. The molecule has 2 aromatic carbocycles. The molecule has 3 aromatic rings. The third-order valence-electron chi connectivity index (χ3n) is 2.55. The summed E-state index contributed by atoms with van der Waals surface area (Å²) in [5, 5.41) is 2.70. The van der Waals surface area contributed by atoms with Crippen LogP contribution in [0.3, 0.4) is 0 Å². The Balaban J connectivity index is 2.91. The van der Waals surface area contributed by atoms with Crippen LogP contribution in [0.5, 0.6) is 0 Å². The molecule has 3 heteroatoms. The van der Waals surface area contributed by atoms with Crippen LogP contribution in [0.25, 0.3) is 21.7 Å². The van der Waals surface area contributed by atoms with Gasteiger partial charge in [0.25, 0.3) is 0 Å². The standard InChI is InChI=1S/C11H5BNO/c12-10-6-4-5-13-8-3-1-2-7(9(6)8)11(10)14/h1-5H. The molecule has 63 valence electrons. The van der Waals surface area contributed by atoms with Crippen molar-refractivity contribution in [2.75, 3.05) is 0 Å². The van der Waals surface area contributed by atoms with E-state index >= 15 is 0 Å². The number of hydrogen-bond acceptors (Lipinski definition) is 2. The molecule has 14 heavy (non-hydrogen) atoms. The molecule has 1 heterocycles. The van der Waals surface area contributed by atoms with Gasteiger partial charge >= 0.3 is 79.9 Å². The maximum atomic E-state index is 11.7. The Bertz CT molecular complexity index is 664. The Morgan fingerprint density at radius 3 is 2.86 bits per heavy atom. The van der Waals surface area contributed by atoms with Gasteiger partial charge in [0, 0.05) is 0 Å². The molecular formula is C11H5BNO. The molecule has 1 aromatic heterocycles. The van der Waals surface area contributed by atoms with Crippen LogP contribution in [0.1, 0.15) is 0 Å². The monoisotopic (exact) mass is 178 g/mol. The van der Waals surface area contributed by atoms with Crippen LogP contribution in [0.15, 0.2) is 35.3 Å². The molecular weight excluding hydrogens is 173 g/mol. The summed E-state index contributed by atoms with van der Waals surface area (Å²) in [5.74, 6) is 0. The van der Waals surface area contributed by atoms with Crippen molar-refractivity contribution in [3.8, 4) is 0 Å². The fourth-order valence-corrected chi connectivity index (χ4v) is 1.89. The minimum absolute atomic E-state index is 0.0846. The Labute approximate surface area is 80.6 Å². The third-order valence-corrected chi connectivity index (χ3v) is 2.55. The van der Waals surface area contributed by atoms with E-state index < -0.39 is 0 Å². The molecule has 3 rings (SSSR count). The zero-order valence-electron chi connectivity index (χ0n) is 7.32. The molecule has 2 nitrogen and oxygen atoms in total. The third kappa shape index (κ3) is 0.745. The number of pyridine rings is 1. The first-order valence-electron chi connectivity index (χ1n) is 4.34. The van der Waals surface area contributed by atoms with E-state index in [2.05, 4.69) is 4.98 Å². The summed E-state index contributed by atoms with van der Waals surface area (Å²) in [6.45, 7) is 0. The predicted molar refractivity (Wildman–Crippen MR) is 56.9 cm³/mol. The van der Waals surface area contributed by atoms with Crippen LogP contribution in [0.4, 0.5) is 0 Å². The maximum absolute atomic E-state index is 11.7. The fraction of sp³-hybridized carbons (Fsp3) is 0. The molecule has 0 aliphatic heterocycles. The fourth-order valence-electron chi connectivity index (χ4n) is 1.89. The van der Waals surface area contributed by atoms with Gasteiger partial charge in [-0.1, -0.05) is 0 Å². The second kappa shape index (κ2) is 2.38. The molecule has 0 atom stereocenters. The summed E-state index contributed by atoms with van der Waals surface area (Å²) in [5.41, 5.74) is 0.743. The molecule has 1 radical (unpaired) electrons. The van der Waals surface area contributed by atoms with E-state index in [1.165, 1.54) is 0 Å². The molecule has 0 bridgehead atoms. The molecule has 0 unspecified atom stereocenters. The average Bonchev–Trinajstić information content (AvgIpc) is 2.47. The Hall–Kier alpha value is -1.77. The van der Waals surface area contributed by atoms with Crippen molar-refractivity contribution in [2.45, 2.75) is 0 Å². The van der Waals surface area contributed by atoms with Gasteiger partial charge in [-0.25, -0.2) is 0 Å². The van der Waals surface area contributed by atoms with E-state index in [0.717, 1.165) is 16.3 Å². The van der Waals surface area contributed by atoms with Gasteiger partial charge in [-0.2, -0.15) is 0 Å². The van der Waals surface area contributed by atoms with Crippen molar-refractivity contribution in [2.24, 2.45) is 0 Å². The van der Waals surface area contributed by atoms with Crippen molar-refractivity contribution in [1.82, 2.24) is 4.98 Å². The zero-order chi connectivity index (χ0) is 9.71. The summed E-state index contributed by atoms with van der Waals surface area (Å²) in [7, 11) is 5.72. The second-order valence-electron chi connectivity index (χ2n) is 3.30. The van der Waals surface area contributed by atoms with Crippen LogP contribution in [-0.2, 0) is 0 Å². The second-order valence-corrected chi connectivity index (χ2v) is 3.30. The van der Waals surface area contributed by atoms with Crippen LogP contribution < -0.4 is 5.43 Å². The van der Waals surface area contributed by atoms with Crippen molar-refractivity contribution in [3.05, 3.63) is 45.8 Å². The van der Waals surface area contributed by atoms with E-state index in [1.54, 1.807) is 18.3 Å². The first-order valence-corrected chi connectivity index (χ1v) is 4.34. The van der Waals surface area contributed by atoms with Crippen LogP contribution >= 0.6 is 0 Å². The van der Waals surface area contributed by atoms with Crippen LogP contribution in [-0.4, -0.2) is 12.5 Å². The van der Waals surface area contributed by atoms with E-state index in [1.807, 2.05) is 12.1 Å². The molecule has 0 amide bonds. The van der Waals surface area contributed by atoms with E-state index in [4.69, 9.17) is 7.49 Å². The number of hydrogen-bond donors (Lipinski definition) is 0.